The zero-order chi connectivity index (χ0) is 18.1. The van der Waals surface area contributed by atoms with Crippen molar-refractivity contribution >= 4 is 45.0 Å². The molecule has 26 heavy (non-hydrogen) atoms. The van der Waals surface area contributed by atoms with Gasteiger partial charge in [-0.1, -0.05) is 11.6 Å². The van der Waals surface area contributed by atoms with Crippen LogP contribution in [0.25, 0.3) is 21.9 Å². The minimum absolute atomic E-state index is 0.407. The van der Waals surface area contributed by atoms with Gasteiger partial charge < -0.3 is 14.8 Å². The van der Waals surface area contributed by atoms with Crippen molar-refractivity contribution in [2.75, 3.05) is 25.6 Å². The zero-order valence-electron chi connectivity index (χ0n) is 14.3. The average molecular weight is 373 g/mol. The monoisotopic (exact) mass is 372 g/mol. The first-order valence-electron chi connectivity index (χ1n) is 8.01. The number of rotatable bonds is 6. The Labute approximate surface area is 154 Å². The number of hydrogen-bond acceptors (Lipinski definition) is 6. The number of anilines is 2. The van der Waals surface area contributed by atoms with Gasteiger partial charge in [0.1, 0.15) is 12.1 Å². The Morgan fingerprint density at radius 2 is 2.19 bits per heavy atom. The molecule has 0 saturated heterocycles. The molecule has 0 saturated carbocycles. The molecule has 0 aliphatic heterocycles. The highest BCUT2D eigenvalue weighted by Crippen LogP contribution is 2.35. The number of aromatic amines is 1. The van der Waals surface area contributed by atoms with Crippen molar-refractivity contribution in [3.63, 3.8) is 0 Å². The van der Waals surface area contributed by atoms with Crippen LogP contribution in [0.2, 0.25) is 5.02 Å². The number of nitrogens with one attached hydrogen (secondary N) is 2. The fraction of sp³-hybridized carbons (Fsp3) is 0.235. The Balaban J connectivity index is 1.70. The Morgan fingerprint density at radius 3 is 3.04 bits per heavy atom. The molecule has 8 nitrogen and oxygen atoms in total. The molecule has 0 unspecified atom stereocenters. The van der Waals surface area contributed by atoms with E-state index in [1.54, 1.807) is 18.0 Å². The number of fused-ring (bicyclic) bond motifs is 2. The smallest absolute Gasteiger partial charge is 0.242 e. The summed E-state index contributed by atoms with van der Waals surface area (Å²) in [5.74, 6) is 1.12. The fourth-order valence-electron chi connectivity index (χ4n) is 2.77. The number of ether oxygens (including phenoxy) is 2. The molecule has 134 valence electrons. The summed E-state index contributed by atoms with van der Waals surface area (Å²) < 4.78 is 12.4. The quantitative estimate of drug-likeness (QED) is 0.505. The second-order valence-electron chi connectivity index (χ2n) is 5.72. The van der Waals surface area contributed by atoms with Gasteiger partial charge in [0.25, 0.3) is 0 Å². The van der Waals surface area contributed by atoms with Crippen LogP contribution in [0.15, 0.2) is 30.5 Å². The van der Waals surface area contributed by atoms with E-state index < -0.39 is 0 Å². The van der Waals surface area contributed by atoms with Gasteiger partial charge in [0.15, 0.2) is 5.82 Å². The molecule has 4 rings (SSSR count). The molecule has 3 heterocycles. The number of H-pyrrole nitrogens is 1. The van der Waals surface area contributed by atoms with Gasteiger partial charge in [-0.2, -0.15) is 5.10 Å². The summed E-state index contributed by atoms with van der Waals surface area (Å²) in [4.78, 5) is 4.35. The molecule has 0 aliphatic rings. The highest BCUT2D eigenvalue weighted by atomic mass is 35.5. The van der Waals surface area contributed by atoms with Crippen LogP contribution < -0.4 is 10.1 Å². The maximum Gasteiger partial charge on any atom is 0.242 e. The number of methoxy groups -OCH3 is 1. The summed E-state index contributed by atoms with van der Waals surface area (Å²) in [5.41, 5.74) is 3.25. The van der Waals surface area contributed by atoms with Crippen molar-refractivity contribution in [2.24, 2.45) is 7.05 Å². The van der Waals surface area contributed by atoms with Crippen molar-refractivity contribution in [3.05, 3.63) is 35.5 Å². The van der Waals surface area contributed by atoms with Crippen molar-refractivity contribution in [1.29, 1.82) is 0 Å². The number of nitrogens with zero attached hydrogens (tertiary/aromatic N) is 4. The second kappa shape index (κ2) is 6.81. The molecule has 1 aromatic carbocycles. The standard InChI is InChI=1S/C17H17ClN6O2/c1-24-13-9-10(20-16-15-12(21-22-16)4-3-5-19-15)8-11(18)14(13)17(23-24)26-7-6-25-2/h3-5,8-9H,6-7H2,1-2H3,(H2,20,21,22). The van der Waals surface area contributed by atoms with E-state index in [0.29, 0.717) is 29.9 Å². The third-order valence-corrected chi connectivity index (χ3v) is 4.28. The molecule has 0 aliphatic carbocycles. The molecule has 0 radical (unpaired) electrons. The van der Waals surface area contributed by atoms with E-state index in [1.165, 1.54) is 0 Å². The average Bonchev–Trinajstić information content (AvgIpc) is 3.18. The molecule has 2 N–H and O–H groups in total. The first-order valence-corrected chi connectivity index (χ1v) is 8.39. The Morgan fingerprint density at radius 1 is 1.31 bits per heavy atom. The van der Waals surface area contributed by atoms with Gasteiger partial charge in [-0.25, -0.2) is 0 Å². The van der Waals surface area contributed by atoms with Crippen LogP contribution in [0.1, 0.15) is 0 Å². The van der Waals surface area contributed by atoms with Crippen LogP contribution in [0.3, 0.4) is 0 Å². The van der Waals surface area contributed by atoms with Gasteiger partial charge in [-0.3, -0.25) is 14.8 Å². The molecule has 4 aromatic rings. The van der Waals surface area contributed by atoms with Gasteiger partial charge in [-0.15, -0.1) is 5.10 Å². The van der Waals surface area contributed by atoms with Crippen LogP contribution in [0.4, 0.5) is 11.5 Å². The van der Waals surface area contributed by atoms with E-state index >= 15 is 0 Å². The highest BCUT2D eigenvalue weighted by molar-refractivity contribution is 6.36. The molecule has 3 aromatic heterocycles. The number of halogens is 1. The summed E-state index contributed by atoms with van der Waals surface area (Å²) in [7, 11) is 3.47. The first kappa shape index (κ1) is 16.6. The number of hydrogen-bond donors (Lipinski definition) is 2. The lowest BCUT2D eigenvalue weighted by molar-refractivity contribution is 0.144. The molecular formula is C17H17ClN6O2. The summed E-state index contributed by atoms with van der Waals surface area (Å²) in [5, 5.41) is 16.2. The molecule has 0 bridgehead atoms. The van der Waals surface area contributed by atoms with Crippen molar-refractivity contribution < 1.29 is 9.47 Å². The molecule has 0 atom stereocenters. The van der Waals surface area contributed by atoms with E-state index in [1.807, 2.05) is 31.3 Å². The molecule has 0 spiro atoms. The topological polar surface area (TPSA) is 89.9 Å². The van der Waals surface area contributed by atoms with Gasteiger partial charge in [0.05, 0.1) is 28.0 Å². The van der Waals surface area contributed by atoms with Gasteiger partial charge in [-0.05, 0) is 24.3 Å². The highest BCUT2D eigenvalue weighted by Gasteiger charge is 2.16. The Hall–Kier alpha value is -2.84. The molecule has 0 fully saturated rings. The fourth-order valence-corrected chi connectivity index (χ4v) is 3.07. The van der Waals surface area contributed by atoms with Crippen LogP contribution in [-0.4, -0.2) is 45.3 Å². The third-order valence-electron chi connectivity index (χ3n) is 3.98. The Bertz CT molecular complexity index is 1070. The lowest BCUT2D eigenvalue weighted by atomic mass is 10.2. The second-order valence-corrected chi connectivity index (χ2v) is 6.13. The van der Waals surface area contributed by atoms with Gasteiger partial charge >= 0.3 is 0 Å². The molecular weight excluding hydrogens is 356 g/mol. The lowest BCUT2D eigenvalue weighted by Gasteiger charge is -2.06. The summed E-state index contributed by atoms with van der Waals surface area (Å²) in [6, 6.07) is 7.54. The van der Waals surface area contributed by atoms with Crippen molar-refractivity contribution in [1.82, 2.24) is 25.0 Å². The number of pyridine rings is 1. The van der Waals surface area contributed by atoms with Crippen LogP contribution in [0.5, 0.6) is 5.88 Å². The molecule has 9 heteroatoms. The number of aromatic nitrogens is 5. The van der Waals surface area contributed by atoms with E-state index in [0.717, 1.165) is 27.6 Å². The summed E-state index contributed by atoms with van der Waals surface area (Å²) in [6.45, 7) is 0.887. The maximum atomic E-state index is 6.50. The van der Waals surface area contributed by atoms with E-state index in [-0.39, 0.29) is 0 Å². The predicted octanol–water partition coefficient (Wildman–Crippen LogP) is 3.27. The van der Waals surface area contributed by atoms with Crippen LogP contribution >= 0.6 is 11.6 Å². The number of aryl methyl sites for hydroxylation is 1. The lowest BCUT2D eigenvalue weighted by Crippen LogP contribution is -2.05. The van der Waals surface area contributed by atoms with Crippen molar-refractivity contribution in [3.8, 4) is 5.88 Å². The van der Waals surface area contributed by atoms with Gasteiger partial charge in [0, 0.05) is 26.0 Å². The predicted molar refractivity (Wildman–Crippen MR) is 100 cm³/mol. The SMILES string of the molecule is COCCOc1nn(C)c2cc(Nc3n[nH]c4cccnc34)cc(Cl)c12. The number of benzene rings is 1. The summed E-state index contributed by atoms with van der Waals surface area (Å²) in [6.07, 6.45) is 1.73. The Kier molecular flexibility index (Phi) is 4.36. The first-order chi connectivity index (χ1) is 12.7. The summed E-state index contributed by atoms with van der Waals surface area (Å²) >= 11 is 6.50. The molecule has 0 amide bonds. The van der Waals surface area contributed by atoms with Crippen molar-refractivity contribution in [2.45, 2.75) is 0 Å². The zero-order valence-corrected chi connectivity index (χ0v) is 15.0. The van der Waals surface area contributed by atoms with Crippen LogP contribution in [-0.2, 0) is 11.8 Å². The van der Waals surface area contributed by atoms with Gasteiger partial charge in [0.2, 0.25) is 5.88 Å². The third kappa shape index (κ3) is 2.93. The normalized spacial score (nSPS) is 11.3. The largest absolute Gasteiger partial charge is 0.474 e. The van der Waals surface area contributed by atoms with E-state index in [4.69, 9.17) is 21.1 Å². The van der Waals surface area contributed by atoms with Crippen LogP contribution in [0, 0.1) is 0 Å². The maximum absolute atomic E-state index is 6.50. The minimum atomic E-state index is 0.407. The van der Waals surface area contributed by atoms with E-state index in [9.17, 15) is 0 Å². The minimum Gasteiger partial charge on any atom is -0.474 e. The van der Waals surface area contributed by atoms with E-state index in [2.05, 4.69) is 25.6 Å².